The molecule has 4 nitrogen and oxygen atoms in total. The summed E-state index contributed by atoms with van der Waals surface area (Å²) in [6.45, 7) is 3.78. The third-order valence-corrected chi connectivity index (χ3v) is 2.54. The second kappa shape index (κ2) is 4.49. The molecule has 1 N–H and O–H groups in total. The van der Waals surface area contributed by atoms with Gasteiger partial charge < -0.3 is 14.6 Å². The maximum absolute atomic E-state index is 5.59. The van der Waals surface area contributed by atoms with E-state index in [1.165, 1.54) is 0 Å². The smallest absolute Gasteiger partial charge is 0.133 e. The predicted octanol–water partition coefficient (Wildman–Crippen LogP) is 1.37. The molecule has 2 rings (SSSR count). The van der Waals surface area contributed by atoms with Gasteiger partial charge >= 0.3 is 0 Å². The molecule has 0 radical (unpaired) electrons. The Morgan fingerprint density at radius 2 is 2.53 bits per heavy atom. The lowest BCUT2D eigenvalue weighted by atomic mass is 10.2. The molecule has 2 heterocycles. The minimum absolute atomic E-state index is 0.0949. The molecule has 0 amide bonds. The van der Waals surface area contributed by atoms with Gasteiger partial charge in [0.25, 0.3) is 0 Å². The summed E-state index contributed by atoms with van der Waals surface area (Å²) < 4.78 is 7.62. The van der Waals surface area contributed by atoms with E-state index in [0.29, 0.717) is 0 Å². The third kappa shape index (κ3) is 2.04. The summed E-state index contributed by atoms with van der Waals surface area (Å²) in [5, 5.41) is 3.39. The highest BCUT2D eigenvalue weighted by molar-refractivity contribution is 5.16. The summed E-state index contributed by atoms with van der Waals surface area (Å²) in [6, 6.07) is 0.0949. The van der Waals surface area contributed by atoms with Crippen LogP contribution in [0.2, 0.25) is 0 Å². The number of likely N-dealkylation sites (N-methyl/N-ethyl adjacent to an activating group) is 1. The van der Waals surface area contributed by atoms with Gasteiger partial charge in [-0.2, -0.15) is 0 Å². The molecule has 4 heteroatoms. The molecule has 1 aliphatic rings. The summed E-state index contributed by atoms with van der Waals surface area (Å²) in [6.07, 6.45) is 6.91. The first-order valence-electron chi connectivity index (χ1n) is 5.36. The van der Waals surface area contributed by atoms with Crippen LogP contribution in [0.25, 0.3) is 0 Å². The van der Waals surface area contributed by atoms with Crippen LogP contribution in [0.3, 0.4) is 0 Å². The molecule has 0 aromatic carbocycles. The Bertz CT molecular complexity index is 356. The van der Waals surface area contributed by atoms with Gasteiger partial charge in [-0.25, -0.2) is 4.98 Å². The maximum atomic E-state index is 5.59. The Balaban J connectivity index is 2.23. The van der Waals surface area contributed by atoms with Crippen molar-refractivity contribution in [2.75, 3.05) is 13.2 Å². The Kier molecular flexibility index (Phi) is 3.06. The minimum atomic E-state index is 0.0949. The highest BCUT2D eigenvalue weighted by Crippen LogP contribution is 2.24. The van der Waals surface area contributed by atoms with Crippen LogP contribution in [0, 0.1) is 0 Å². The average molecular weight is 207 g/mol. The third-order valence-electron chi connectivity index (χ3n) is 2.54. The molecule has 0 saturated carbocycles. The van der Waals surface area contributed by atoms with Crippen LogP contribution >= 0.6 is 0 Å². The van der Waals surface area contributed by atoms with Gasteiger partial charge in [0.1, 0.15) is 17.6 Å². The monoisotopic (exact) mass is 207 g/mol. The first-order valence-corrected chi connectivity index (χ1v) is 5.36. The highest BCUT2D eigenvalue weighted by Gasteiger charge is 2.22. The molecule has 1 aromatic rings. The van der Waals surface area contributed by atoms with Crippen molar-refractivity contribution in [1.29, 1.82) is 0 Å². The molecule has 1 atom stereocenters. The summed E-state index contributed by atoms with van der Waals surface area (Å²) >= 11 is 0. The molecular formula is C11H17N3O. The molecule has 15 heavy (non-hydrogen) atoms. The fourth-order valence-electron chi connectivity index (χ4n) is 1.82. The first-order chi connectivity index (χ1) is 7.33. The molecule has 0 aliphatic carbocycles. The maximum Gasteiger partial charge on any atom is 0.133 e. The zero-order chi connectivity index (χ0) is 10.7. The molecule has 1 unspecified atom stereocenters. The zero-order valence-corrected chi connectivity index (χ0v) is 9.23. The Morgan fingerprint density at radius 1 is 1.67 bits per heavy atom. The van der Waals surface area contributed by atoms with E-state index in [0.717, 1.165) is 31.2 Å². The zero-order valence-electron chi connectivity index (χ0n) is 9.23. The number of imidazole rings is 1. The molecule has 0 bridgehead atoms. The molecule has 1 aliphatic heterocycles. The van der Waals surface area contributed by atoms with Crippen molar-refractivity contribution in [3.8, 4) is 0 Å². The number of aromatic nitrogens is 2. The Morgan fingerprint density at radius 3 is 3.07 bits per heavy atom. The van der Waals surface area contributed by atoms with Crippen molar-refractivity contribution in [1.82, 2.24) is 14.9 Å². The number of aryl methyl sites for hydroxylation is 1. The number of ether oxygens (including phenoxy) is 1. The van der Waals surface area contributed by atoms with Gasteiger partial charge in [-0.05, 0) is 12.6 Å². The summed E-state index contributed by atoms with van der Waals surface area (Å²) in [5.74, 6) is 2.01. The van der Waals surface area contributed by atoms with E-state index in [2.05, 4.69) is 23.3 Å². The lowest BCUT2D eigenvalue weighted by molar-refractivity contribution is 0.212. The van der Waals surface area contributed by atoms with E-state index in [9.17, 15) is 0 Å². The van der Waals surface area contributed by atoms with Crippen molar-refractivity contribution in [3.05, 3.63) is 30.1 Å². The van der Waals surface area contributed by atoms with E-state index in [-0.39, 0.29) is 6.04 Å². The molecule has 0 fully saturated rings. The molecular weight excluding hydrogens is 190 g/mol. The molecule has 1 aromatic heterocycles. The van der Waals surface area contributed by atoms with E-state index in [4.69, 9.17) is 4.74 Å². The topological polar surface area (TPSA) is 39.1 Å². The van der Waals surface area contributed by atoms with Crippen LogP contribution in [0.1, 0.15) is 25.2 Å². The fourth-order valence-corrected chi connectivity index (χ4v) is 1.82. The number of nitrogens with zero attached hydrogens (tertiary/aromatic N) is 2. The largest absolute Gasteiger partial charge is 0.496 e. The number of rotatable bonds is 4. The summed E-state index contributed by atoms with van der Waals surface area (Å²) in [5.41, 5.74) is 0. The van der Waals surface area contributed by atoms with Crippen LogP contribution in [-0.2, 0) is 11.8 Å². The van der Waals surface area contributed by atoms with Gasteiger partial charge in [-0.3, -0.25) is 0 Å². The number of hydrogen-bond donors (Lipinski definition) is 1. The lowest BCUT2D eigenvalue weighted by Crippen LogP contribution is -2.25. The molecule has 82 valence electrons. The van der Waals surface area contributed by atoms with E-state index >= 15 is 0 Å². The summed E-state index contributed by atoms with van der Waals surface area (Å²) in [4.78, 5) is 4.36. The van der Waals surface area contributed by atoms with Crippen LogP contribution in [-0.4, -0.2) is 22.7 Å². The van der Waals surface area contributed by atoms with Crippen LogP contribution < -0.4 is 5.32 Å². The average Bonchev–Trinajstić information content (AvgIpc) is 2.85. The number of nitrogens with one attached hydrogen (secondary N) is 1. The number of hydrogen-bond acceptors (Lipinski definition) is 3. The van der Waals surface area contributed by atoms with Crippen molar-refractivity contribution in [3.63, 3.8) is 0 Å². The van der Waals surface area contributed by atoms with E-state index in [1.807, 2.05) is 24.0 Å². The van der Waals surface area contributed by atoms with Gasteiger partial charge in [-0.1, -0.05) is 6.92 Å². The minimum Gasteiger partial charge on any atom is -0.496 e. The Labute approximate surface area is 90.0 Å². The van der Waals surface area contributed by atoms with Crippen LogP contribution in [0.4, 0.5) is 0 Å². The van der Waals surface area contributed by atoms with Gasteiger partial charge in [0.2, 0.25) is 0 Å². The van der Waals surface area contributed by atoms with Gasteiger partial charge in [0.05, 0.1) is 6.61 Å². The van der Waals surface area contributed by atoms with E-state index < -0.39 is 0 Å². The van der Waals surface area contributed by atoms with Crippen molar-refractivity contribution in [2.45, 2.75) is 19.4 Å². The SMILES string of the molecule is CCNC(C1=CCCO1)c1nccn1C. The van der Waals surface area contributed by atoms with Crippen molar-refractivity contribution < 1.29 is 4.74 Å². The summed E-state index contributed by atoms with van der Waals surface area (Å²) in [7, 11) is 2.00. The predicted molar refractivity (Wildman–Crippen MR) is 58.3 cm³/mol. The Hall–Kier alpha value is -1.29. The van der Waals surface area contributed by atoms with E-state index in [1.54, 1.807) is 0 Å². The van der Waals surface area contributed by atoms with Crippen molar-refractivity contribution in [2.24, 2.45) is 7.05 Å². The molecule has 0 spiro atoms. The quantitative estimate of drug-likeness (QED) is 0.810. The second-order valence-corrected chi connectivity index (χ2v) is 3.63. The van der Waals surface area contributed by atoms with Gasteiger partial charge in [0, 0.05) is 25.9 Å². The fraction of sp³-hybridized carbons (Fsp3) is 0.545. The highest BCUT2D eigenvalue weighted by atomic mass is 16.5. The normalized spacial score (nSPS) is 17.3. The van der Waals surface area contributed by atoms with Crippen LogP contribution in [0.5, 0.6) is 0 Å². The first kappa shape index (κ1) is 10.2. The lowest BCUT2D eigenvalue weighted by Gasteiger charge is -2.18. The van der Waals surface area contributed by atoms with Gasteiger partial charge in [0.15, 0.2) is 0 Å². The van der Waals surface area contributed by atoms with Crippen molar-refractivity contribution >= 4 is 0 Å². The molecule has 0 saturated heterocycles. The standard InChI is InChI=1S/C11H17N3O/c1-3-12-10(9-5-4-8-15-9)11-13-6-7-14(11)2/h5-7,10,12H,3-4,8H2,1-2H3. The van der Waals surface area contributed by atoms with Crippen LogP contribution in [0.15, 0.2) is 24.2 Å². The van der Waals surface area contributed by atoms with Gasteiger partial charge in [-0.15, -0.1) is 0 Å². The second-order valence-electron chi connectivity index (χ2n) is 3.63.